The lowest BCUT2D eigenvalue weighted by Gasteiger charge is -2.36. The molecule has 0 N–H and O–H groups in total. The van der Waals surface area contributed by atoms with Crippen molar-refractivity contribution in [3.63, 3.8) is 0 Å². The van der Waals surface area contributed by atoms with Gasteiger partial charge in [-0.2, -0.15) is 0 Å². The largest absolute Gasteiger partial charge is 0.457 e. The van der Waals surface area contributed by atoms with Crippen LogP contribution in [-0.4, -0.2) is 42.4 Å². The smallest absolute Gasteiger partial charge is 0.417 e. The molecule has 9 aromatic rings. The van der Waals surface area contributed by atoms with Crippen LogP contribution in [0.4, 0.5) is 5.69 Å². The van der Waals surface area contributed by atoms with Crippen molar-refractivity contribution in [1.29, 1.82) is 0 Å². The molecule has 0 spiro atoms. The average molecular weight is 716 g/mol. The third-order valence-electron chi connectivity index (χ3n) is 12.1. The summed E-state index contributed by atoms with van der Waals surface area (Å²) >= 11 is 0. The Labute approximate surface area is 319 Å². The van der Waals surface area contributed by atoms with Gasteiger partial charge in [0.05, 0.1) is 22.1 Å². The predicted octanol–water partition coefficient (Wildman–Crippen LogP) is 9.41. The van der Waals surface area contributed by atoms with Gasteiger partial charge in [0.2, 0.25) is 5.78 Å². The lowest BCUT2D eigenvalue weighted by molar-refractivity contribution is 0.483. The highest BCUT2D eigenvalue weighted by molar-refractivity contribution is 6.77. The first-order chi connectivity index (χ1) is 26.7. The molecule has 55 heavy (non-hydrogen) atoms. The van der Waals surface area contributed by atoms with Gasteiger partial charge in [0, 0.05) is 46.9 Å². The molecule has 5 aromatic carbocycles. The maximum absolute atomic E-state index is 6.73. The van der Waals surface area contributed by atoms with Crippen molar-refractivity contribution in [3.8, 4) is 39.8 Å². The van der Waals surface area contributed by atoms with Crippen molar-refractivity contribution < 1.29 is 4.74 Å². The summed E-state index contributed by atoms with van der Waals surface area (Å²) < 4.78 is 13.4. The number of imidazole rings is 3. The van der Waals surface area contributed by atoms with Crippen LogP contribution in [0.1, 0.15) is 41.7 Å². The lowest BCUT2D eigenvalue weighted by atomic mass is 9.60. The van der Waals surface area contributed by atoms with Gasteiger partial charge in [-0.15, -0.1) is 0 Å². The number of nitrogens with zero attached hydrogens (tertiary/aromatic N) is 7. The summed E-state index contributed by atoms with van der Waals surface area (Å²) in [5.74, 6) is 4.04. The summed E-state index contributed by atoms with van der Waals surface area (Å²) in [6.45, 7) is 11.1. The van der Waals surface area contributed by atoms with E-state index in [9.17, 15) is 0 Å². The molecule has 0 atom stereocenters. The van der Waals surface area contributed by atoms with Crippen LogP contribution < -0.4 is 15.0 Å². The van der Waals surface area contributed by atoms with Gasteiger partial charge in [-0.1, -0.05) is 79.6 Å². The van der Waals surface area contributed by atoms with E-state index in [1.165, 1.54) is 38.8 Å². The van der Waals surface area contributed by atoms with Crippen LogP contribution in [0.25, 0.3) is 56.2 Å². The van der Waals surface area contributed by atoms with Crippen molar-refractivity contribution in [2.45, 2.75) is 40.0 Å². The van der Waals surface area contributed by atoms with E-state index in [-0.39, 0.29) is 12.4 Å². The van der Waals surface area contributed by atoms with Gasteiger partial charge in [0.1, 0.15) is 23.1 Å². The number of fused-ring (bicyclic) bond motifs is 11. The lowest BCUT2D eigenvalue weighted by Crippen LogP contribution is -2.56. The third-order valence-corrected chi connectivity index (χ3v) is 12.1. The maximum Gasteiger partial charge on any atom is 0.417 e. The van der Waals surface area contributed by atoms with Crippen molar-refractivity contribution in [3.05, 3.63) is 150 Å². The number of hydrogen-bond acceptors (Lipinski definition) is 5. The first-order valence-electron chi connectivity index (χ1n) is 18.9. The Bertz CT molecular complexity index is 3060. The van der Waals surface area contributed by atoms with Crippen molar-refractivity contribution in [1.82, 2.24) is 28.4 Å². The zero-order valence-corrected chi connectivity index (χ0v) is 31.7. The summed E-state index contributed by atoms with van der Waals surface area (Å²) in [7, 11) is 2.16. The molecule has 0 radical (unpaired) electrons. The predicted molar refractivity (Wildman–Crippen MR) is 222 cm³/mol. The summed E-state index contributed by atoms with van der Waals surface area (Å²) in [6.07, 6.45) is 6.01. The summed E-state index contributed by atoms with van der Waals surface area (Å²) in [5.41, 5.74) is 16.0. The number of rotatable bonds is 4. The molecule has 1 aliphatic heterocycles. The number of hydrogen-bond donors (Lipinski definition) is 0. The fraction of sp³-hybridized carbons (Fsp3) is 0.152. The molecule has 0 fully saturated rings. The summed E-state index contributed by atoms with van der Waals surface area (Å²) in [5, 5.41) is 0. The number of benzene rings is 5. The minimum absolute atomic E-state index is 0.000450. The fourth-order valence-corrected chi connectivity index (χ4v) is 9.40. The number of pyridine rings is 1. The van der Waals surface area contributed by atoms with E-state index in [0.717, 1.165) is 67.8 Å². The molecule has 0 unspecified atom stereocenters. The average Bonchev–Trinajstić information content (AvgIpc) is 3.94. The molecule has 4 aromatic heterocycles. The van der Waals surface area contributed by atoms with E-state index in [1.54, 1.807) is 0 Å². The molecule has 266 valence electrons. The van der Waals surface area contributed by atoms with Crippen molar-refractivity contribution in [2.24, 2.45) is 0 Å². The molecule has 11 rings (SSSR count). The minimum atomic E-state index is -0.165. The Morgan fingerprint density at radius 1 is 0.673 bits per heavy atom. The van der Waals surface area contributed by atoms with Crippen LogP contribution in [0.2, 0.25) is 0 Å². The third kappa shape index (κ3) is 4.38. The monoisotopic (exact) mass is 715 g/mol. The van der Waals surface area contributed by atoms with Gasteiger partial charge in [0.25, 0.3) is 0 Å². The molecule has 5 heterocycles. The van der Waals surface area contributed by atoms with Gasteiger partial charge in [-0.05, 0) is 98.0 Å². The molecule has 9 heteroatoms. The zero-order chi connectivity index (χ0) is 37.3. The van der Waals surface area contributed by atoms with Gasteiger partial charge >= 0.3 is 6.98 Å². The highest BCUT2D eigenvalue weighted by atomic mass is 16.5. The van der Waals surface area contributed by atoms with E-state index >= 15 is 0 Å². The minimum Gasteiger partial charge on any atom is -0.457 e. The zero-order valence-electron chi connectivity index (χ0n) is 31.7. The highest BCUT2D eigenvalue weighted by Crippen LogP contribution is 2.49. The SMILES string of the molecule is Cc1cccc(C)c1B1N(C)c2ccc(Oc3ccc4c(c3)n(-c3cc5c(cn3)-c3ccccc3C5(C)C)c3nc5c(C)cccc5n43)cc2-c2nccn21. The van der Waals surface area contributed by atoms with Crippen LogP contribution in [-0.2, 0) is 5.41 Å². The number of anilines is 1. The van der Waals surface area contributed by atoms with E-state index < -0.39 is 0 Å². The Morgan fingerprint density at radius 2 is 1.44 bits per heavy atom. The molecule has 0 saturated carbocycles. The number of para-hydroxylation sites is 1. The molecular weight excluding hydrogens is 677 g/mol. The Hall–Kier alpha value is -6.61. The Morgan fingerprint density at radius 3 is 2.29 bits per heavy atom. The fourth-order valence-electron chi connectivity index (χ4n) is 9.40. The Kier molecular flexibility index (Phi) is 6.50. The molecular formula is C46H38BN7O. The van der Waals surface area contributed by atoms with Crippen LogP contribution in [0.3, 0.4) is 0 Å². The second-order valence-corrected chi connectivity index (χ2v) is 15.7. The van der Waals surface area contributed by atoms with E-state index in [1.807, 2.05) is 18.5 Å². The van der Waals surface area contributed by atoms with Crippen LogP contribution in [0.5, 0.6) is 11.5 Å². The second kappa shape index (κ2) is 11.2. The standard InChI is InChI=1S/C46H38BN7O/c1-27-11-9-12-28(2)42(27)47-51(6)37-19-17-30(23-33(37)44-48-21-22-52(44)47)55-31-18-20-38-40(24-31)54(45-50-43-29(3)13-10-16-39(43)53(38)45)41-25-36-34(26-49-41)32-14-7-8-15-35(32)46(36,4)5/h7-26H,1-6H3. The van der Waals surface area contributed by atoms with E-state index in [4.69, 9.17) is 19.7 Å². The van der Waals surface area contributed by atoms with Crippen LogP contribution >= 0.6 is 0 Å². The molecule has 0 amide bonds. The number of aryl methyl sites for hydroxylation is 3. The topological polar surface area (TPSA) is 65.4 Å². The van der Waals surface area contributed by atoms with Crippen LogP contribution in [0, 0.1) is 20.8 Å². The normalized spacial score (nSPS) is 14.1. The molecule has 1 aliphatic carbocycles. The van der Waals surface area contributed by atoms with Crippen molar-refractivity contribution in [2.75, 3.05) is 11.9 Å². The van der Waals surface area contributed by atoms with E-state index in [2.05, 4.69) is 163 Å². The molecule has 0 saturated heterocycles. The van der Waals surface area contributed by atoms with Gasteiger partial charge in [0.15, 0.2) is 0 Å². The molecule has 8 nitrogen and oxygen atoms in total. The molecule has 0 bridgehead atoms. The quantitative estimate of drug-likeness (QED) is 0.170. The van der Waals surface area contributed by atoms with Gasteiger partial charge < -0.3 is 14.0 Å². The molecule has 2 aliphatic rings. The van der Waals surface area contributed by atoms with E-state index in [0.29, 0.717) is 0 Å². The van der Waals surface area contributed by atoms with Gasteiger partial charge in [-0.25, -0.2) is 15.0 Å². The highest BCUT2D eigenvalue weighted by Gasteiger charge is 2.38. The van der Waals surface area contributed by atoms with Crippen molar-refractivity contribution >= 4 is 46.0 Å². The first-order valence-corrected chi connectivity index (χ1v) is 18.9. The summed E-state index contributed by atoms with van der Waals surface area (Å²) in [6, 6.07) is 36.4. The summed E-state index contributed by atoms with van der Waals surface area (Å²) in [4.78, 5) is 17.6. The Balaban J connectivity index is 1.04. The first kappa shape index (κ1) is 31.9. The maximum atomic E-state index is 6.73. The van der Waals surface area contributed by atoms with Crippen LogP contribution in [0.15, 0.2) is 122 Å². The number of ether oxygens (including phenoxy) is 1. The number of aromatic nitrogens is 6. The van der Waals surface area contributed by atoms with Gasteiger partial charge in [-0.3, -0.25) is 8.97 Å². The second-order valence-electron chi connectivity index (χ2n) is 15.7.